The fourth-order valence-electron chi connectivity index (χ4n) is 3.89. The lowest BCUT2D eigenvalue weighted by atomic mass is 9.94. The molecule has 0 N–H and O–H groups in total. The van der Waals surface area contributed by atoms with Crippen molar-refractivity contribution >= 4 is 5.91 Å². The highest BCUT2D eigenvalue weighted by Gasteiger charge is 2.30. The van der Waals surface area contributed by atoms with Gasteiger partial charge in [-0.15, -0.1) is 0 Å². The largest absolute Gasteiger partial charge is 0.497 e. The van der Waals surface area contributed by atoms with Crippen LogP contribution in [0, 0.1) is 5.92 Å². The molecule has 1 aromatic carbocycles. The molecule has 0 bridgehead atoms. The number of piperidine rings is 1. The Morgan fingerprint density at radius 2 is 1.96 bits per heavy atom. The Balaban J connectivity index is 1.54. The quantitative estimate of drug-likeness (QED) is 0.821. The Bertz CT molecular complexity index is 555. The number of rotatable bonds is 5. The molecular weight excluding hydrogens is 316 g/mol. The average Bonchev–Trinajstić information content (AvgIpc) is 2.68. The van der Waals surface area contributed by atoms with Crippen LogP contribution in [0.5, 0.6) is 5.75 Å². The van der Waals surface area contributed by atoms with Crippen molar-refractivity contribution in [2.75, 3.05) is 53.0 Å². The first-order valence-electron chi connectivity index (χ1n) is 9.40. The number of hydrogen-bond acceptors (Lipinski definition) is 4. The Morgan fingerprint density at radius 3 is 2.64 bits per heavy atom. The number of ether oxygens (including phenoxy) is 2. The molecule has 2 heterocycles. The van der Waals surface area contributed by atoms with Gasteiger partial charge in [-0.25, -0.2) is 0 Å². The molecule has 3 rings (SSSR count). The number of likely N-dealkylation sites (tertiary alicyclic amines) is 1. The SMILES string of the molecule is COc1ccc([C@@H](C)CN2CCC[C@@H](C(=O)N3CCOCC3)C2)cc1. The summed E-state index contributed by atoms with van der Waals surface area (Å²) in [5, 5.41) is 0. The van der Waals surface area contributed by atoms with E-state index in [2.05, 4.69) is 24.0 Å². The van der Waals surface area contributed by atoms with Gasteiger partial charge in [-0.3, -0.25) is 4.79 Å². The van der Waals surface area contributed by atoms with Gasteiger partial charge in [0.05, 0.1) is 26.2 Å². The van der Waals surface area contributed by atoms with Crippen LogP contribution in [-0.2, 0) is 9.53 Å². The minimum Gasteiger partial charge on any atom is -0.497 e. The zero-order chi connectivity index (χ0) is 17.6. The highest BCUT2D eigenvalue weighted by molar-refractivity contribution is 5.79. The Morgan fingerprint density at radius 1 is 1.24 bits per heavy atom. The molecule has 1 amide bonds. The second-order valence-corrected chi connectivity index (χ2v) is 7.21. The van der Waals surface area contributed by atoms with Crippen molar-refractivity contribution in [1.29, 1.82) is 0 Å². The van der Waals surface area contributed by atoms with E-state index in [1.54, 1.807) is 7.11 Å². The van der Waals surface area contributed by atoms with Gasteiger partial charge in [0.15, 0.2) is 0 Å². The summed E-state index contributed by atoms with van der Waals surface area (Å²) in [7, 11) is 1.69. The second kappa shape index (κ2) is 8.68. The lowest BCUT2D eigenvalue weighted by molar-refractivity contribution is -0.141. The maximum absolute atomic E-state index is 12.8. The van der Waals surface area contributed by atoms with Crippen molar-refractivity contribution in [1.82, 2.24) is 9.80 Å². The molecule has 2 saturated heterocycles. The van der Waals surface area contributed by atoms with Crippen molar-refractivity contribution < 1.29 is 14.3 Å². The molecular formula is C20H30N2O3. The van der Waals surface area contributed by atoms with Gasteiger partial charge in [0, 0.05) is 26.2 Å². The van der Waals surface area contributed by atoms with Crippen molar-refractivity contribution in [2.24, 2.45) is 5.92 Å². The Kier molecular flexibility index (Phi) is 6.32. The van der Waals surface area contributed by atoms with E-state index in [9.17, 15) is 4.79 Å². The fourth-order valence-corrected chi connectivity index (χ4v) is 3.89. The summed E-state index contributed by atoms with van der Waals surface area (Å²) in [5.74, 6) is 1.81. The van der Waals surface area contributed by atoms with Gasteiger partial charge in [-0.2, -0.15) is 0 Å². The Labute approximate surface area is 150 Å². The first-order chi connectivity index (χ1) is 12.2. The molecule has 2 aliphatic rings. The number of carbonyl (C=O) groups excluding carboxylic acids is 1. The van der Waals surface area contributed by atoms with Crippen LogP contribution in [0.2, 0.25) is 0 Å². The monoisotopic (exact) mass is 346 g/mol. The predicted octanol–water partition coefficient (Wildman–Crippen LogP) is 2.37. The van der Waals surface area contributed by atoms with Gasteiger partial charge in [0.2, 0.25) is 5.91 Å². The van der Waals surface area contributed by atoms with Crippen molar-refractivity contribution in [3.63, 3.8) is 0 Å². The maximum Gasteiger partial charge on any atom is 0.227 e. The van der Waals surface area contributed by atoms with Crippen LogP contribution in [0.1, 0.15) is 31.2 Å². The summed E-state index contributed by atoms with van der Waals surface area (Å²) < 4.78 is 10.6. The van der Waals surface area contributed by atoms with E-state index >= 15 is 0 Å². The normalized spacial score (nSPS) is 23.3. The number of benzene rings is 1. The number of morpholine rings is 1. The second-order valence-electron chi connectivity index (χ2n) is 7.21. The van der Waals surface area contributed by atoms with Crippen LogP contribution in [0.4, 0.5) is 0 Å². The fraction of sp³-hybridized carbons (Fsp3) is 0.650. The van der Waals surface area contributed by atoms with Gasteiger partial charge < -0.3 is 19.3 Å². The van der Waals surface area contributed by atoms with Gasteiger partial charge >= 0.3 is 0 Å². The number of carbonyl (C=O) groups is 1. The number of hydrogen-bond donors (Lipinski definition) is 0. The highest BCUT2D eigenvalue weighted by atomic mass is 16.5. The molecule has 138 valence electrons. The number of amides is 1. The lowest BCUT2D eigenvalue weighted by Gasteiger charge is -2.37. The van der Waals surface area contributed by atoms with Crippen LogP contribution in [0.15, 0.2) is 24.3 Å². The molecule has 0 saturated carbocycles. The third kappa shape index (κ3) is 4.73. The van der Waals surface area contributed by atoms with E-state index in [0.29, 0.717) is 25.0 Å². The van der Waals surface area contributed by atoms with Crippen LogP contribution in [-0.4, -0.2) is 68.8 Å². The molecule has 0 aliphatic carbocycles. The molecule has 5 nitrogen and oxygen atoms in total. The van der Waals surface area contributed by atoms with Crippen LogP contribution in [0.25, 0.3) is 0 Å². The summed E-state index contributed by atoms with van der Waals surface area (Å²) in [5.41, 5.74) is 1.32. The Hall–Kier alpha value is -1.59. The molecule has 1 aromatic rings. The van der Waals surface area contributed by atoms with Gasteiger partial charge in [0.1, 0.15) is 5.75 Å². The minimum atomic E-state index is 0.148. The van der Waals surface area contributed by atoms with E-state index in [1.807, 2.05) is 17.0 Å². The van der Waals surface area contributed by atoms with E-state index in [1.165, 1.54) is 5.56 Å². The zero-order valence-corrected chi connectivity index (χ0v) is 15.4. The van der Waals surface area contributed by atoms with Crippen LogP contribution >= 0.6 is 0 Å². The van der Waals surface area contributed by atoms with E-state index in [0.717, 1.165) is 51.3 Å². The summed E-state index contributed by atoms with van der Waals surface area (Å²) in [6.07, 6.45) is 2.12. The first-order valence-corrected chi connectivity index (χ1v) is 9.40. The van der Waals surface area contributed by atoms with Gasteiger partial charge in [0.25, 0.3) is 0 Å². The zero-order valence-electron chi connectivity index (χ0n) is 15.4. The third-order valence-electron chi connectivity index (χ3n) is 5.39. The predicted molar refractivity (Wildman–Crippen MR) is 98.0 cm³/mol. The van der Waals surface area contributed by atoms with E-state index in [4.69, 9.17) is 9.47 Å². The standard InChI is InChI=1S/C20H30N2O3/c1-16(17-5-7-19(24-2)8-6-17)14-21-9-3-4-18(15-21)20(23)22-10-12-25-13-11-22/h5-8,16,18H,3-4,9-15H2,1-2H3/t16-,18+/m0/s1. The van der Waals surface area contributed by atoms with E-state index < -0.39 is 0 Å². The smallest absolute Gasteiger partial charge is 0.227 e. The summed E-state index contributed by atoms with van der Waals surface area (Å²) in [6.45, 7) is 8.08. The van der Waals surface area contributed by atoms with Gasteiger partial charge in [-0.05, 0) is 43.0 Å². The van der Waals surface area contributed by atoms with Crippen LogP contribution < -0.4 is 4.74 Å². The summed E-state index contributed by atoms with van der Waals surface area (Å²) in [6, 6.07) is 8.33. The third-order valence-corrected chi connectivity index (χ3v) is 5.39. The first kappa shape index (κ1) is 18.2. The summed E-state index contributed by atoms with van der Waals surface area (Å²) >= 11 is 0. The molecule has 2 aliphatic heterocycles. The molecule has 0 radical (unpaired) electrons. The molecule has 0 spiro atoms. The minimum absolute atomic E-state index is 0.148. The van der Waals surface area contributed by atoms with Crippen LogP contribution in [0.3, 0.4) is 0 Å². The average molecular weight is 346 g/mol. The molecule has 0 unspecified atom stereocenters. The lowest BCUT2D eigenvalue weighted by Crippen LogP contribution is -2.48. The molecule has 2 fully saturated rings. The maximum atomic E-state index is 12.8. The molecule has 5 heteroatoms. The highest BCUT2D eigenvalue weighted by Crippen LogP contribution is 2.24. The topological polar surface area (TPSA) is 42.0 Å². The molecule has 0 aromatic heterocycles. The van der Waals surface area contributed by atoms with Crippen molar-refractivity contribution in [2.45, 2.75) is 25.7 Å². The van der Waals surface area contributed by atoms with Gasteiger partial charge in [-0.1, -0.05) is 19.1 Å². The van der Waals surface area contributed by atoms with Crippen molar-refractivity contribution in [3.05, 3.63) is 29.8 Å². The van der Waals surface area contributed by atoms with E-state index in [-0.39, 0.29) is 5.92 Å². The van der Waals surface area contributed by atoms with Crippen molar-refractivity contribution in [3.8, 4) is 5.75 Å². The summed E-state index contributed by atoms with van der Waals surface area (Å²) in [4.78, 5) is 17.2. The number of methoxy groups -OCH3 is 1. The number of nitrogens with zero attached hydrogens (tertiary/aromatic N) is 2. The molecule has 2 atom stereocenters. The molecule has 25 heavy (non-hydrogen) atoms.